The summed E-state index contributed by atoms with van der Waals surface area (Å²) in [5.74, 6) is 0.321. The zero-order chi connectivity index (χ0) is 25.3. The number of rotatable bonds is 6. The second kappa shape index (κ2) is 9.40. The summed E-state index contributed by atoms with van der Waals surface area (Å²) >= 11 is 0. The Bertz CT molecular complexity index is 1200. The van der Waals surface area contributed by atoms with Crippen molar-refractivity contribution in [3.63, 3.8) is 0 Å². The van der Waals surface area contributed by atoms with Crippen molar-refractivity contribution in [1.29, 1.82) is 0 Å². The summed E-state index contributed by atoms with van der Waals surface area (Å²) in [4.78, 5) is 13.1. The number of carbonyl (C=O) groups excluding carboxylic acids is 1. The normalized spacial score (nSPS) is 17.2. The predicted molar refractivity (Wildman–Crippen MR) is 124 cm³/mol. The van der Waals surface area contributed by atoms with E-state index >= 15 is 0 Å². The van der Waals surface area contributed by atoms with Gasteiger partial charge in [0.2, 0.25) is 5.75 Å². The summed E-state index contributed by atoms with van der Waals surface area (Å²) in [7, 11) is 4.32. The van der Waals surface area contributed by atoms with Gasteiger partial charge >= 0.3 is 6.18 Å². The fourth-order valence-electron chi connectivity index (χ4n) is 4.10. The molecule has 2 heterocycles. The van der Waals surface area contributed by atoms with Crippen molar-refractivity contribution >= 4 is 17.4 Å². The van der Waals surface area contributed by atoms with Crippen molar-refractivity contribution in [1.82, 2.24) is 9.78 Å². The summed E-state index contributed by atoms with van der Waals surface area (Å²) in [6, 6.07) is 7.75. The van der Waals surface area contributed by atoms with E-state index in [-0.39, 0.29) is 17.8 Å². The fraction of sp³-hybridized carbons (Fsp3) is 0.333. The van der Waals surface area contributed by atoms with Crippen LogP contribution in [-0.2, 0) is 0 Å². The molecule has 186 valence electrons. The molecule has 0 fully saturated rings. The van der Waals surface area contributed by atoms with E-state index in [4.69, 9.17) is 14.2 Å². The van der Waals surface area contributed by atoms with Crippen molar-refractivity contribution in [2.24, 2.45) is 0 Å². The highest BCUT2D eigenvalue weighted by Crippen LogP contribution is 2.45. The van der Waals surface area contributed by atoms with E-state index < -0.39 is 24.2 Å². The monoisotopic (exact) mass is 490 g/mol. The molecule has 0 bridgehead atoms. The number of carbonyl (C=O) groups is 1. The highest BCUT2D eigenvalue weighted by Gasteiger charge is 2.47. The number of benzene rings is 2. The Morgan fingerprint density at radius 2 is 1.71 bits per heavy atom. The van der Waals surface area contributed by atoms with Crippen LogP contribution in [0.3, 0.4) is 0 Å². The van der Waals surface area contributed by atoms with E-state index in [0.717, 1.165) is 16.4 Å². The van der Waals surface area contributed by atoms with Gasteiger partial charge in [-0.3, -0.25) is 4.79 Å². The van der Waals surface area contributed by atoms with Crippen LogP contribution in [0.5, 0.6) is 17.2 Å². The molecule has 4 rings (SSSR count). The number of amides is 1. The largest absolute Gasteiger partial charge is 0.493 e. The number of fused-ring (bicyclic) bond motifs is 1. The van der Waals surface area contributed by atoms with Crippen molar-refractivity contribution in [3.8, 4) is 17.2 Å². The molecule has 2 N–H and O–H groups in total. The Morgan fingerprint density at radius 3 is 2.26 bits per heavy atom. The molecular weight excluding hydrogens is 465 g/mol. The first-order chi connectivity index (χ1) is 16.7. The maximum Gasteiger partial charge on any atom is 0.410 e. The van der Waals surface area contributed by atoms with Crippen LogP contribution in [0, 0.1) is 6.92 Å². The van der Waals surface area contributed by atoms with Gasteiger partial charge in [-0.05, 0) is 12.5 Å². The van der Waals surface area contributed by atoms with E-state index in [2.05, 4.69) is 15.7 Å². The number of ether oxygens (including phenoxy) is 3. The van der Waals surface area contributed by atoms with Gasteiger partial charge < -0.3 is 24.8 Å². The average molecular weight is 490 g/mol. The summed E-state index contributed by atoms with van der Waals surface area (Å²) < 4.78 is 58.5. The van der Waals surface area contributed by atoms with Gasteiger partial charge in [0.05, 0.1) is 33.6 Å². The van der Waals surface area contributed by atoms with E-state index in [1.165, 1.54) is 33.5 Å². The standard InChI is InChI=1S/C24H25F3N4O4/c1-13-5-7-14(8-6-13)17-11-20(24(25,26)27)31-22(30-17)16(12-28-31)23(32)29-15-9-18(33-2)21(35-4)19(10-15)34-3/h5-10,12,17,20,30H,11H2,1-4H3,(H,29,32)/t17-,20-/m0/s1. The summed E-state index contributed by atoms with van der Waals surface area (Å²) in [6.07, 6.45) is -3.67. The second-order valence-corrected chi connectivity index (χ2v) is 8.12. The Balaban J connectivity index is 1.69. The molecular formula is C24H25F3N4O4. The van der Waals surface area contributed by atoms with Gasteiger partial charge in [-0.15, -0.1) is 0 Å². The van der Waals surface area contributed by atoms with Gasteiger partial charge in [-0.1, -0.05) is 29.8 Å². The molecule has 0 radical (unpaired) electrons. The van der Waals surface area contributed by atoms with Crippen LogP contribution in [0.1, 0.15) is 40.0 Å². The first-order valence-electron chi connectivity index (χ1n) is 10.7. The second-order valence-electron chi connectivity index (χ2n) is 8.12. The van der Waals surface area contributed by atoms with Gasteiger partial charge in [0.1, 0.15) is 11.4 Å². The highest BCUT2D eigenvalue weighted by molar-refractivity contribution is 6.07. The summed E-state index contributed by atoms with van der Waals surface area (Å²) in [5, 5.41) is 9.67. The molecule has 3 aromatic rings. The Morgan fingerprint density at radius 1 is 1.09 bits per heavy atom. The lowest BCUT2D eigenvalue weighted by molar-refractivity contribution is -0.173. The Labute approximate surface area is 200 Å². The van der Waals surface area contributed by atoms with Crippen LogP contribution in [0.15, 0.2) is 42.6 Å². The van der Waals surface area contributed by atoms with E-state index in [1.807, 2.05) is 19.1 Å². The minimum atomic E-state index is -4.55. The quantitative estimate of drug-likeness (QED) is 0.498. The Hall–Kier alpha value is -3.89. The van der Waals surface area contributed by atoms with Crippen molar-refractivity contribution < 1.29 is 32.2 Å². The third-order valence-electron chi connectivity index (χ3n) is 5.89. The Kier molecular flexibility index (Phi) is 6.51. The number of halogens is 3. The number of anilines is 2. The average Bonchev–Trinajstić information content (AvgIpc) is 3.26. The number of hydrogen-bond donors (Lipinski definition) is 2. The van der Waals surface area contributed by atoms with Crippen LogP contribution in [-0.4, -0.2) is 43.2 Å². The van der Waals surface area contributed by atoms with Gasteiger partial charge in [-0.2, -0.15) is 18.3 Å². The molecule has 1 aliphatic heterocycles. The van der Waals surface area contributed by atoms with E-state index in [0.29, 0.717) is 28.5 Å². The highest BCUT2D eigenvalue weighted by atomic mass is 19.4. The minimum absolute atomic E-state index is 0.00547. The van der Waals surface area contributed by atoms with Crippen LogP contribution >= 0.6 is 0 Å². The first-order valence-corrected chi connectivity index (χ1v) is 10.7. The summed E-state index contributed by atoms with van der Waals surface area (Å²) in [5.41, 5.74) is 1.97. The van der Waals surface area contributed by atoms with Crippen molar-refractivity contribution in [3.05, 3.63) is 59.3 Å². The number of nitrogens with one attached hydrogen (secondary N) is 2. The SMILES string of the molecule is COc1cc(NC(=O)c2cnn3c2N[C@H](c2ccc(C)cc2)C[C@H]3C(F)(F)F)cc(OC)c1OC. The van der Waals surface area contributed by atoms with Crippen LogP contribution in [0.25, 0.3) is 0 Å². The van der Waals surface area contributed by atoms with Crippen LogP contribution in [0.2, 0.25) is 0 Å². The van der Waals surface area contributed by atoms with Crippen LogP contribution in [0.4, 0.5) is 24.7 Å². The molecule has 0 saturated heterocycles. The molecule has 1 amide bonds. The maximum atomic E-state index is 13.9. The smallest absolute Gasteiger partial charge is 0.410 e. The van der Waals surface area contributed by atoms with Crippen molar-refractivity contribution in [2.75, 3.05) is 32.0 Å². The number of nitrogens with zero attached hydrogens (tertiary/aromatic N) is 2. The molecule has 11 heteroatoms. The topological polar surface area (TPSA) is 86.6 Å². The molecule has 2 aromatic carbocycles. The number of alkyl halides is 3. The van der Waals surface area contributed by atoms with Gasteiger partial charge in [0.25, 0.3) is 5.91 Å². The molecule has 1 aromatic heterocycles. The molecule has 0 spiro atoms. The van der Waals surface area contributed by atoms with E-state index in [9.17, 15) is 18.0 Å². The zero-order valence-electron chi connectivity index (χ0n) is 19.6. The third-order valence-corrected chi connectivity index (χ3v) is 5.89. The lowest BCUT2D eigenvalue weighted by Crippen LogP contribution is -2.36. The summed E-state index contributed by atoms with van der Waals surface area (Å²) in [6.45, 7) is 1.90. The fourth-order valence-corrected chi connectivity index (χ4v) is 4.10. The molecule has 0 unspecified atom stereocenters. The number of hydrogen-bond acceptors (Lipinski definition) is 6. The van der Waals surface area contributed by atoms with E-state index in [1.54, 1.807) is 12.1 Å². The lowest BCUT2D eigenvalue weighted by Gasteiger charge is -2.34. The maximum absolute atomic E-state index is 13.9. The van der Waals surface area contributed by atoms with Crippen LogP contribution < -0.4 is 24.8 Å². The number of methoxy groups -OCH3 is 3. The zero-order valence-corrected chi connectivity index (χ0v) is 19.6. The van der Waals surface area contributed by atoms with Gasteiger partial charge in [0.15, 0.2) is 17.5 Å². The first kappa shape index (κ1) is 24.2. The molecule has 1 aliphatic rings. The van der Waals surface area contributed by atoms with Crippen molar-refractivity contribution in [2.45, 2.75) is 31.6 Å². The lowest BCUT2D eigenvalue weighted by atomic mass is 9.96. The minimum Gasteiger partial charge on any atom is -0.493 e. The molecule has 0 saturated carbocycles. The molecule has 2 atom stereocenters. The number of aryl methyl sites for hydroxylation is 1. The number of aromatic nitrogens is 2. The molecule has 8 nitrogen and oxygen atoms in total. The predicted octanol–water partition coefficient (Wildman–Crippen LogP) is 5.13. The molecule has 0 aliphatic carbocycles. The van der Waals surface area contributed by atoms with Gasteiger partial charge in [0, 0.05) is 24.2 Å². The van der Waals surface area contributed by atoms with Gasteiger partial charge in [-0.25, -0.2) is 4.68 Å². The molecule has 35 heavy (non-hydrogen) atoms. The third kappa shape index (κ3) is 4.71.